The van der Waals surface area contributed by atoms with E-state index in [1.165, 1.54) is 48.4 Å². The molecular weight excluding hydrogens is 400 g/mol. The van der Waals surface area contributed by atoms with E-state index in [-0.39, 0.29) is 12.6 Å². The Morgan fingerprint density at radius 1 is 0.688 bits per heavy atom. The van der Waals surface area contributed by atoms with E-state index in [0.29, 0.717) is 11.8 Å². The van der Waals surface area contributed by atoms with Gasteiger partial charge in [0.1, 0.15) is 0 Å². The molecule has 2 aromatic rings. The molecule has 0 radical (unpaired) electrons. The Hall–Kier alpha value is -1.46. The normalized spacial score (nSPS) is 26.4. The van der Waals surface area contributed by atoms with E-state index < -0.39 is 0 Å². The van der Waals surface area contributed by atoms with E-state index in [1.54, 1.807) is 0 Å². The summed E-state index contributed by atoms with van der Waals surface area (Å²) in [5.41, 5.74) is 2.52. The number of benzene rings is 2. The summed E-state index contributed by atoms with van der Waals surface area (Å²) < 4.78 is 24.1. The summed E-state index contributed by atoms with van der Waals surface area (Å²) in [4.78, 5) is 0. The first-order valence-electron chi connectivity index (χ1n) is 12.7. The van der Waals surface area contributed by atoms with Crippen LogP contribution in [0.15, 0.2) is 36.4 Å². The second kappa shape index (κ2) is 12.1. The number of hydrogen-bond donors (Lipinski definition) is 0. The van der Waals surface area contributed by atoms with Gasteiger partial charge in [-0.15, -0.1) is 0 Å². The van der Waals surface area contributed by atoms with Crippen LogP contribution < -0.4 is 0 Å². The Kier molecular flexibility index (Phi) is 8.98. The number of rotatable bonds is 10. The first-order valence-corrected chi connectivity index (χ1v) is 12.7. The molecule has 0 N–H and O–H groups in total. The molecular formula is C28H40O4. The zero-order valence-electron chi connectivity index (χ0n) is 19.9. The van der Waals surface area contributed by atoms with Gasteiger partial charge in [0.2, 0.25) is 0 Å². The number of ether oxygens (including phenoxy) is 4. The average Bonchev–Trinajstić information content (AvgIpc) is 2.85. The number of aryl methyl sites for hydroxylation is 1. The summed E-state index contributed by atoms with van der Waals surface area (Å²) in [5.74, 6) is 0.969. The predicted octanol–water partition coefficient (Wildman–Crippen LogP) is 6.80. The van der Waals surface area contributed by atoms with Gasteiger partial charge in [-0.2, -0.15) is 0 Å². The van der Waals surface area contributed by atoms with Gasteiger partial charge >= 0.3 is 0 Å². The summed E-state index contributed by atoms with van der Waals surface area (Å²) >= 11 is 0. The molecule has 2 aromatic carbocycles. The van der Waals surface area contributed by atoms with E-state index in [2.05, 4.69) is 50.2 Å². The SMILES string of the molecule is CCCCc1ccc2cc([C@H]3OC[C@H](CC[C@H]4OC[C@H](CCCC)CO4)CO3)ccc2c1. The minimum Gasteiger partial charge on any atom is -0.352 e. The molecule has 2 saturated heterocycles. The number of hydrogen-bond acceptors (Lipinski definition) is 4. The van der Waals surface area contributed by atoms with E-state index in [9.17, 15) is 0 Å². The zero-order chi connectivity index (χ0) is 22.2. The molecule has 2 heterocycles. The molecule has 0 bridgehead atoms. The molecule has 4 heteroatoms. The number of unbranched alkanes of at least 4 members (excludes halogenated alkanes) is 2. The summed E-state index contributed by atoms with van der Waals surface area (Å²) in [5, 5.41) is 2.54. The minimum atomic E-state index is -0.267. The summed E-state index contributed by atoms with van der Waals surface area (Å²) in [6.07, 6.45) is 8.93. The summed E-state index contributed by atoms with van der Waals surface area (Å²) in [7, 11) is 0. The molecule has 0 aromatic heterocycles. The molecule has 0 aliphatic carbocycles. The smallest absolute Gasteiger partial charge is 0.183 e. The molecule has 0 atom stereocenters. The van der Waals surface area contributed by atoms with Crippen molar-refractivity contribution in [3.05, 3.63) is 47.5 Å². The van der Waals surface area contributed by atoms with E-state index >= 15 is 0 Å². The Bertz CT molecular complexity index is 819. The van der Waals surface area contributed by atoms with Crippen molar-refractivity contribution in [2.75, 3.05) is 26.4 Å². The third-order valence-electron chi connectivity index (χ3n) is 6.80. The van der Waals surface area contributed by atoms with Crippen LogP contribution in [-0.4, -0.2) is 32.7 Å². The van der Waals surface area contributed by atoms with Crippen molar-refractivity contribution < 1.29 is 18.9 Å². The Labute approximate surface area is 193 Å². The van der Waals surface area contributed by atoms with Gasteiger partial charge in [0.25, 0.3) is 0 Å². The molecule has 2 aliphatic heterocycles. The molecule has 4 nitrogen and oxygen atoms in total. The topological polar surface area (TPSA) is 36.9 Å². The zero-order valence-corrected chi connectivity index (χ0v) is 19.9. The molecule has 0 unspecified atom stereocenters. The molecule has 0 spiro atoms. The molecule has 4 rings (SSSR count). The van der Waals surface area contributed by atoms with Crippen LogP contribution in [0.3, 0.4) is 0 Å². The molecule has 0 saturated carbocycles. The van der Waals surface area contributed by atoms with Crippen LogP contribution in [0.1, 0.15) is 76.2 Å². The lowest BCUT2D eigenvalue weighted by atomic mass is 10.0. The van der Waals surface area contributed by atoms with Crippen LogP contribution in [0, 0.1) is 11.8 Å². The van der Waals surface area contributed by atoms with Gasteiger partial charge in [0.15, 0.2) is 12.6 Å². The van der Waals surface area contributed by atoms with Crippen LogP contribution in [0.5, 0.6) is 0 Å². The lowest BCUT2D eigenvalue weighted by Gasteiger charge is -2.32. The number of fused-ring (bicyclic) bond motifs is 1. The average molecular weight is 441 g/mol. The second-order valence-corrected chi connectivity index (χ2v) is 9.59. The van der Waals surface area contributed by atoms with Crippen LogP contribution in [0.25, 0.3) is 10.8 Å². The Balaban J connectivity index is 1.21. The van der Waals surface area contributed by atoms with Gasteiger partial charge in [-0.25, -0.2) is 0 Å². The lowest BCUT2D eigenvalue weighted by molar-refractivity contribution is -0.220. The highest BCUT2D eigenvalue weighted by molar-refractivity contribution is 5.83. The quantitative estimate of drug-likeness (QED) is 0.407. The fourth-order valence-electron chi connectivity index (χ4n) is 4.68. The Morgan fingerprint density at radius 2 is 1.34 bits per heavy atom. The maximum absolute atomic E-state index is 6.10. The van der Waals surface area contributed by atoms with Crippen molar-refractivity contribution in [1.82, 2.24) is 0 Å². The highest BCUT2D eigenvalue weighted by Gasteiger charge is 2.27. The third kappa shape index (κ3) is 6.54. The molecule has 176 valence electrons. The van der Waals surface area contributed by atoms with Crippen molar-refractivity contribution in [3.8, 4) is 0 Å². The Morgan fingerprint density at radius 3 is 2.09 bits per heavy atom. The van der Waals surface area contributed by atoms with Crippen molar-refractivity contribution in [3.63, 3.8) is 0 Å². The van der Waals surface area contributed by atoms with Crippen LogP contribution >= 0.6 is 0 Å². The summed E-state index contributed by atoms with van der Waals surface area (Å²) in [6, 6.07) is 13.4. The fraction of sp³-hybridized carbons (Fsp3) is 0.643. The maximum Gasteiger partial charge on any atom is 0.183 e. The maximum atomic E-state index is 6.10. The monoisotopic (exact) mass is 440 g/mol. The standard InChI is InChI=1S/C28H40O4/c1-3-5-7-21-9-11-25-16-26(13-12-24(25)15-21)28-31-19-23(20-32-28)10-14-27-29-17-22(18-30-27)8-6-4-2/h9,11-13,15-16,22-23,27-28H,3-8,10,14,17-20H2,1-2H3/t22-,23-,27-,28-. The fourth-order valence-corrected chi connectivity index (χ4v) is 4.68. The largest absolute Gasteiger partial charge is 0.352 e. The van der Waals surface area contributed by atoms with Gasteiger partial charge in [-0.05, 0) is 54.5 Å². The summed E-state index contributed by atoms with van der Waals surface area (Å²) in [6.45, 7) is 7.60. The molecule has 2 aliphatic rings. The highest BCUT2D eigenvalue weighted by atomic mass is 16.7. The van der Waals surface area contributed by atoms with Crippen LogP contribution in [0.4, 0.5) is 0 Å². The van der Waals surface area contributed by atoms with Crippen molar-refractivity contribution >= 4 is 10.8 Å². The first-order chi connectivity index (χ1) is 15.7. The lowest BCUT2D eigenvalue weighted by Crippen LogP contribution is -2.33. The second-order valence-electron chi connectivity index (χ2n) is 9.59. The van der Waals surface area contributed by atoms with E-state index in [1.807, 2.05) is 0 Å². The van der Waals surface area contributed by atoms with Gasteiger partial charge in [0.05, 0.1) is 26.4 Å². The minimum absolute atomic E-state index is 0.0618. The van der Waals surface area contributed by atoms with Gasteiger partial charge in [0, 0.05) is 17.4 Å². The van der Waals surface area contributed by atoms with Gasteiger partial charge < -0.3 is 18.9 Å². The van der Waals surface area contributed by atoms with E-state index in [0.717, 1.165) is 51.3 Å². The van der Waals surface area contributed by atoms with Gasteiger partial charge in [-0.3, -0.25) is 0 Å². The van der Waals surface area contributed by atoms with Crippen molar-refractivity contribution in [1.29, 1.82) is 0 Å². The molecule has 2 fully saturated rings. The molecule has 0 amide bonds. The van der Waals surface area contributed by atoms with Gasteiger partial charge in [-0.1, -0.05) is 63.4 Å². The van der Waals surface area contributed by atoms with Crippen molar-refractivity contribution in [2.24, 2.45) is 11.8 Å². The third-order valence-corrected chi connectivity index (χ3v) is 6.80. The molecule has 32 heavy (non-hydrogen) atoms. The first kappa shape index (κ1) is 23.7. The van der Waals surface area contributed by atoms with Crippen LogP contribution in [0.2, 0.25) is 0 Å². The predicted molar refractivity (Wildman–Crippen MR) is 129 cm³/mol. The highest BCUT2D eigenvalue weighted by Crippen LogP contribution is 2.30. The van der Waals surface area contributed by atoms with Crippen LogP contribution in [-0.2, 0) is 25.4 Å². The van der Waals surface area contributed by atoms with Crippen molar-refractivity contribution in [2.45, 2.75) is 77.8 Å². The van der Waals surface area contributed by atoms with E-state index in [4.69, 9.17) is 18.9 Å².